The zero-order valence-electron chi connectivity index (χ0n) is 9.82. The predicted octanol–water partition coefficient (Wildman–Crippen LogP) is 3.07. The number of hydrogen-bond acceptors (Lipinski definition) is 3. The SMILES string of the molecule is CNC(c1ccncc1)c1cc(C)sc1C. The van der Waals surface area contributed by atoms with E-state index in [1.54, 1.807) is 0 Å². The van der Waals surface area contributed by atoms with E-state index in [-0.39, 0.29) is 6.04 Å². The number of nitrogens with one attached hydrogen (secondary N) is 1. The molecule has 0 aliphatic heterocycles. The number of pyridine rings is 1. The zero-order chi connectivity index (χ0) is 11.5. The maximum absolute atomic E-state index is 4.06. The highest BCUT2D eigenvalue weighted by atomic mass is 32.1. The Bertz CT molecular complexity index is 462. The number of aryl methyl sites for hydroxylation is 2. The fourth-order valence-corrected chi connectivity index (χ4v) is 2.96. The molecule has 2 aromatic heterocycles. The molecular weight excluding hydrogens is 216 g/mol. The second kappa shape index (κ2) is 4.76. The first-order valence-electron chi connectivity index (χ1n) is 5.36. The summed E-state index contributed by atoms with van der Waals surface area (Å²) < 4.78 is 0. The van der Waals surface area contributed by atoms with Crippen LogP contribution in [-0.2, 0) is 0 Å². The highest BCUT2D eigenvalue weighted by molar-refractivity contribution is 7.12. The maximum Gasteiger partial charge on any atom is 0.0586 e. The first kappa shape index (κ1) is 11.3. The van der Waals surface area contributed by atoms with Gasteiger partial charge in [-0.05, 0) is 50.2 Å². The molecule has 1 N–H and O–H groups in total. The second-order valence-electron chi connectivity index (χ2n) is 3.87. The van der Waals surface area contributed by atoms with E-state index in [1.165, 1.54) is 20.9 Å². The van der Waals surface area contributed by atoms with Crippen molar-refractivity contribution in [3.05, 3.63) is 51.5 Å². The molecule has 84 valence electrons. The van der Waals surface area contributed by atoms with Crippen molar-refractivity contribution >= 4 is 11.3 Å². The number of nitrogens with zero attached hydrogens (tertiary/aromatic N) is 1. The normalized spacial score (nSPS) is 12.7. The first-order chi connectivity index (χ1) is 7.72. The molecule has 0 radical (unpaired) electrons. The van der Waals surface area contributed by atoms with Crippen LogP contribution in [0.1, 0.15) is 26.9 Å². The van der Waals surface area contributed by atoms with E-state index in [2.05, 4.69) is 42.3 Å². The molecule has 16 heavy (non-hydrogen) atoms. The van der Waals surface area contributed by atoms with Crippen LogP contribution in [0.4, 0.5) is 0 Å². The van der Waals surface area contributed by atoms with Gasteiger partial charge in [0.2, 0.25) is 0 Å². The Balaban J connectivity index is 2.40. The molecule has 2 nitrogen and oxygen atoms in total. The Morgan fingerprint density at radius 3 is 2.44 bits per heavy atom. The van der Waals surface area contributed by atoms with E-state index in [9.17, 15) is 0 Å². The highest BCUT2D eigenvalue weighted by Crippen LogP contribution is 2.29. The van der Waals surface area contributed by atoms with Crippen molar-refractivity contribution in [2.75, 3.05) is 7.05 Å². The van der Waals surface area contributed by atoms with Gasteiger partial charge in [0.05, 0.1) is 6.04 Å². The molecule has 0 aromatic carbocycles. The molecule has 0 spiro atoms. The number of aromatic nitrogens is 1. The Hall–Kier alpha value is -1.19. The first-order valence-corrected chi connectivity index (χ1v) is 6.18. The van der Waals surface area contributed by atoms with Crippen molar-refractivity contribution in [1.82, 2.24) is 10.3 Å². The largest absolute Gasteiger partial charge is 0.309 e. The summed E-state index contributed by atoms with van der Waals surface area (Å²) in [6.07, 6.45) is 3.68. The number of hydrogen-bond donors (Lipinski definition) is 1. The van der Waals surface area contributed by atoms with Crippen LogP contribution in [0, 0.1) is 13.8 Å². The standard InChI is InChI=1S/C13H16N2S/c1-9-8-12(10(2)16-9)13(14-3)11-4-6-15-7-5-11/h4-8,13-14H,1-3H3. The van der Waals surface area contributed by atoms with Crippen molar-refractivity contribution in [2.45, 2.75) is 19.9 Å². The summed E-state index contributed by atoms with van der Waals surface area (Å²) in [5, 5.41) is 3.37. The third-order valence-electron chi connectivity index (χ3n) is 2.72. The van der Waals surface area contributed by atoms with Gasteiger partial charge in [-0.2, -0.15) is 0 Å². The van der Waals surface area contributed by atoms with Crippen LogP contribution in [-0.4, -0.2) is 12.0 Å². The smallest absolute Gasteiger partial charge is 0.0586 e. The van der Waals surface area contributed by atoms with Crippen molar-refractivity contribution in [3.63, 3.8) is 0 Å². The number of rotatable bonds is 3. The lowest BCUT2D eigenvalue weighted by molar-refractivity contribution is 0.689. The molecule has 1 atom stereocenters. The summed E-state index contributed by atoms with van der Waals surface area (Å²) in [6, 6.07) is 6.66. The third kappa shape index (κ3) is 2.15. The van der Waals surface area contributed by atoms with E-state index in [0.29, 0.717) is 0 Å². The van der Waals surface area contributed by atoms with Crippen LogP contribution in [0.5, 0.6) is 0 Å². The topological polar surface area (TPSA) is 24.9 Å². The Kier molecular flexibility index (Phi) is 3.36. The lowest BCUT2D eigenvalue weighted by atomic mass is 10.0. The minimum Gasteiger partial charge on any atom is -0.309 e. The summed E-state index contributed by atoms with van der Waals surface area (Å²) in [5.41, 5.74) is 2.63. The van der Waals surface area contributed by atoms with Crippen LogP contribution in [0.2, 0.25) is 0 Å². The van der Waals surface area contributed by atoms with Crippen molar-refractivity contribution in [3.8, 4) is 0 Å². The molecule has 1 unspecified atom stereocenters. The van der Waals surface area contributed by atoms with Crippen LogP contribution in [0.15, 0.2) is 30.6 Å². The number of thiophene rings is 1. The van der Waals surface area contributed by atoms with Gasteiger partial charge in [0.1, 0.15) is 0 Å². The van der Waals surface area contributed by atoms with Gasteiger partial charge < -0.3 is 5.32 Å². The molecule has 2 rings (SSSR count). The molecule has 0 bridgehead atoms. The van der Waals surface area contributed by atoms with E-state index < -0.39 is 0 Å². The van der Waals surface area contributed by atoms with Gasteiger partial charge in [0.25, 0.3) is 0 Å². The van der Waals surface area contributed by atoms with Gasteiger partial charge in [0.15, 0.2) is 0 Å². The average molecular weight is 232 g/mol. The summed E-state index contributed by atoms with van der Waals surface area (Å²) in [5.74, 6) is 0. The fourth-order valence-electron chi connectivity index (χ4n) is 1.99. The van der Waals surface area contributed by atoms with E-state index in [4.69, 9.17) is 0 Å². The van der Waals surface area contributed by atoms with Gasteiger partial charge in [-0.25, -0.2) is 0 Å². The van der Waals surface area contributed by atoms with E-state index in [1.807, 2.05) is 30.8 Å². The lowest BCUT2D eigenvalue weighted by Crippen LogP contribution is -2.17. The minimum absolute atomic E-state index is 0.271. The molecule has 0 amide bonds. The molecule has 2 aromatic rings. The Morgan fingerprint density at radius 2 is 1.94 bits per heavy atom. The van der Waals surface area contributed by atoms with Crippen molar-refractivity contribution in [1.29, 1.82) is 0 Å². The van der Waals surface area contributed by atoms with Gasteiger partial charge >= 0.3 is 0 Å². The monoisotopic (exact) mass is 232 g/mol. The Labute approximate surface area is 100 Å². The predicted molar refractivity (Wildman–Crippen MR) is 68.9 cm³/mol. The third-order valence-corrected chi connectivity index (χ3v) is 3.70. The molecule has 0 aliphatic carbocycles. The molecule has 0 saturated carbocycles. The van der Waals surface area contributed by atoms with Crippen LogP contribution >= 0.6 is 11.3 Å². The van der Waals surface area contributed by atoms with Gasteiger partial charge in [-0.3, -0.25) is 4.98 Å². The van der Waals surface area contributed by atoms with Crippen LogP contribution in [0.3, 0.4) is 0 Å². The lowest BCUT2D eigenvalue weighted by Gasteiger charge is -2.16. The van der Waals surface area contributed by atoms with Crippen LogP contribution in [0.25, 0.3) is 0 Å². The van der Waals surface area contributed by atoms with Crippen molar-refractivity contribution < 1.29 is 0 Å². The second-order valence-corrected chi connectivity index (χ2v) is 5.33. The zero-order valence-corrected chi connectivity index (χ0v) is 10.6. The van der Waals surface area contributed by atoms with Gasteiger partial charge in [-0.1, -0.05) is 0 Å². The molecule has 2 heterocycles. The average Bonchev–Trinajstić information content (AvgIpc) is 2.61. The quantitative estimate of drug-likeness (QED) is 0.879. The summed E-state index contributed by atoms with van der Waals surface area (Å²) >= 11 is 1.85. The molecule has 0 saturated heterocycles. The Morgan fingerprint density at radius 1 is 1.25 bits per heavy atom. The molecular formula is C13H16N2S. The fraction of sp³-hybridized carbons (Fsp3) is 0.308. The van der Waals surface area contributed by atoms with Crippen LogP contribution < -0.4 is 5.32 Å². The van der Waals surface area contributed by atoms with Crippen molar-refractivity contribution in [2.24, 2.45) is 0 Å². The molecule has 0 aliphatic rings. The maximum atomic E-state index is 4.06. The summed E-state index contributed by atoms with van der Waals surface area (Å²) in [4.78, 5) is 6.80. The summed E-state index contributed by atoms with van der Waals surface area (Å²) in [6.45, 7) is 4.33. The van der Waals surface area contributed by atoms with E-state index in [0.717, 1.165) is 0 Å². The summed E-state index contributed by atoms with van der Waals surface area (Å²) in [7, 11) is 2.00. The van der Waals surface area contributed by atoms with E-state index >= 15 is 0 Å². The molecule has 0 fully saturated rings. The minimum atomic E-state index is 0.271. The van der Waals surface area contributed by atoms with Gasteiger partial charge in [0, 0.05) is 22.1 Å². The highest BCUT2D eigenvalue weighted by Gasteiger charge is 2.15. The molecule has 3 heteroatoms. The van der Waals surface area contributed by atoms with Gasteiger partial charge in [-0.15, -0.1) is 11.3 Å².